The standard InChI is InChI=1S/C13H18O2/c1-11(14)10-13(15)9-5-8-12-6-3-2-4-7-12/h2-4,6-7,13,15H,5,8-10H2,1H3/t13-/m0/s1. The number of benzene rings is 1. The largest absolute Gasteiger partial charge is 0.393 e. The van der Waals surface area contributed by atoms with Crippen molar-refractivity contribution in [3.8, 4) is 0 Å². The molecule has 82 valence electrons. The van der Waals surface area contributed by atoms with Gasteiger partial charge in [0, 0.05) is 6.42 Å². The fourth-order valence-corrected chi connectivity index (χ4v) is 1.62. The first kappa shape index (κ1) is 11.9. The van der Waals surface area contributed by atoms with Crippen molar-refractivity contribution in [3.63, 3.8) is 0 Å². The SMILES string of the molecule is CC(=O)C[C@@H](O)CCCc1ccccc1. The van der Waals surface area contributed by atoms with Crippen molar-refractivity contribution in [2.75, 3.05) is 0 Å². The second kappa shape index (κ2) is 6.36. The molecule has 1 aromatic rings. The van der Waals surface area contributed by atoms with E-state index in [0.29, 0.717) is 6.42 Å². The van der Waals surface area contributed by atoms with Crippen LogP contribution in [0.1, 0.15) is 31.7 Å². The van der Waals surface area contributed by atoms with Crippen LogP contribution in [0.25, 0.3) is 0 Å². The van der Waals surface area contributed by atoms with Crippen molar-refractivity contribution in [1.82, 2.24) is 0 Å². The van der Waals surface area contributed by atoms with Crippen LogP contribution in [0.2, 0.25) is 0 Å². The molecule has 2 heteroatoms. The number of Topliss-reactive ketones (excluding diaryl/α,β-unsaturated/α-hetero) is 1. The van der Waals surface area contributed by atoms with Gasteiger partial charge in [0.05, 0.1) is 6.10 Å². The number of hydrogen-bond acceptors (Lipinski definition) is 2. The van der Waals surface area contributed by atoms with E-state index in [2.05, 4.69) is 12.1 Å². The molecule has 0 aromatic heterocycles. The first-order valence-corrected chi connectivity index (χ1v) is 5.40. The summed E-state index contributed by atoms with van der Waals surface area (Å²) in [4.78, 5) is 10.7. The second-order valence-electron chi connectivity index (χ2n) is 3.94. The zero-order valence-corrected chi connectivity index (χ0v) is 9.15. The van der Waals surface area contributed by atoms with Crippen LogP contribution < -0.4 is 0 Å². The van der Waals surface area contributed by atoms with Gasteiger partial charge < -0.3 is 5.11 Å². The number of ketones is 1. The zero-order chi connectivity index (χ0) is 11.1. The first-order chi connectivity index (χ1) is 7.18. The Morgan fingerprint density at radius 1 is 1.33 bits per heavy atom. The van der Waals surface area contributed by atoms with Crippen molar-refractivity contribution >= 4 is 5.78 Å². The van der Waals surface area contributed by atoms with Crippen molar-refractivity contribution < 1.29 is 9.90 Å². The molecule has 15 heavy (non-hydrogen) atoms. The molecule has 0 unspecified atom stereocenters. The van der Waals surface area contributed by atoms with Gasteiger partial charge in [-0.3, -0.25) is 4.79 Å². The Morgan fingerprint density at radius 2 is 2.00 bits per heavy atom. The van der Waals surface area contributed by atoms with E-state index in [-0.39, 0.29) is 12.2 Å². The molecule has 1 atom stereocenters. The van der Waals surface area contributed by atoms with Gasteiger partial charge in [-0.2, -0.15) is 0 Å². The monoisotopic (exact) mass is 206 g/mol. The Hall–Kier alpha value is -1.15. The number of hydrogen-bond donors (Lipinski definition) is 1. The topological polar surface area (TPSA) is 37.3 Å². The highest BCUT2D eigenvalue weighted by Gasteiger charge is 2.06. The van der Waals surface area contributed by atoms with Gasteiger partial charge in [-0.1, -0.05) is 30.3 Å². The maximum atomic E-state index is 10.7. The Labute approximate surface area is 90.9 Å². The molecule has 0 amide bonds. The predicted octanol–water partition coefficient (Wildman–Crippen LogP) is 2.35. The Balaban J connectivity index is 2.19. The van der Waals surface area contributed by atoms with Crippen molar-refractivity contribution in [3.05, 3.63) is 35.9 Å². The van der Waals surface area contributed by atoms with E-state index < -0.39 is 6.10 Å². The van der Waals surface area contributed by atoms with Gasteiger partial charge in [0.1, 0.15) is 5.78 Å². The molecule has 0 saturated carbocycles. The highest BCUT2D eigenvalue weighted by atomic mass is 16.3. The normalized spacial score (nSPS) is 12.4. The number of carbonyl (C=O) groups is 1. The number of aliphatic hydroxyl groups is 1. The van der Waals surface area contributed by atoms with Crippen LogP contribution >= 0.6 is 0 Å². The summed E-state index contributed by atoms with van der Waals surface area (Å²) in [5.41, 5.74) is 1.28. The van der Waals surface area contributed by atoms with Crippen LogP contribution in [-0.4, -0.2) is 17.0 Å². The minimum atomic E-state index is -0.466. The van der Waals surface area contributed by atoms with Crippen molar-refractivity contribution in [2.24, 2.45) is 0 Å². The summed E-state index contributed by atoms with van der Waals surface area (Å²) in [5, 5.41) is 9.48. The van der Waals surface area contributed by atoms with Crippen LogP contribution in [-0.2, 0) is 11.2 Å². The van der Waals surface area contributed by atoms with Gasteiger partial charge in [-0.05, 0) is 31.7 Å². The number of aryl methyl sites for hydroxylation is 1. The number of carbonyl (C=O) groups excluding carboxylic acids is 1. The third-order valence-electron chi connectivity index (χ3n) is 2.37. The van der Waals surface area contributed by atoms with E-state index in [4.69, 9.17) is 0 Å². The van der Waals surface area contributed by atoms with Gasteiger partial charge in [0.25, 0.3) is 0 Å². The third kappa shape index (κ3) is 5.33. The lowest BCUT2D eigenvalue weighted by molar-refractivity contribution is -0.118. The molecule has 1 aromatic carbocycles. The number of aliphatic hydroxyl groups excluding tert-OH is 1. The minimum Gasteiger partial charge on any atom is -0.393 e. The Morgan fingerprint density at radius 3 is 2.60 bits per heavy atom. The first-order valence-electron chi connectivity index (χ1n) is 5.40. The Kier molecular flexibility index (Phi) is 5.05. The average molecular weight is 206 g/mol. The molecule has 0 heterocycles. The summed E-state index contributed by atoms with van der Waals surface area (Å²) < 4.78 is 0. The molecular formula is C13H18O2. The summed E-state index contributed by atoms with van der Waals surface area (Å²) in [5.74, 6) is 0.0576. The molecule has 0 aliphatic carbocycles. The summed E-state index contributed by atoms with van der Waals surface area (Å²) in [6, 6.07) is 10.2. The summed E-state index contributed by atoms with van der Waals surface area (Å²) >= 11 is 0. The van der Waals surface area contributed by atoms with Gasteiger partial charge in [0.2, 0.25) is 0 Å². The molecule has 1 rings (SSSR count). The van der Waals surface area contributed by atoms with Crippen LogP contribution in [0.3, 0.4) is 0 Å². The van der Waals surface area contributed by atoms with Crippen LogP contribution in [0.5, 0.6) is 0 Å². The maximum absolute atomic E-state index is 10.7. The molecule has 1 N–H and O–H groups in total. The lowest BCUT2D eigenvalue weighted by Gasteiger charge is -2.07. The molecule has 0 radical (unpaired) electrons. The molecule has 0 saturated heterocycles. The molecule has 0 bridgehead atoms. The fraction of sp³-hybridized carbons (Fsp3) is 0.462. The second-order valence-corrected chi connectivity index (χ2v) is 3.94. The molecule has 2 nitrogen and oxygen atoms in total. The van der Waals surface area contributed by atoms with E-state index in [1.54, 1.807) is 0 Å². The lowest BCUT2D eigenvalue weighted by atomic mass is 10.0. The third-order valence-corrected chi connectivity index (χ3v) is 2.37. The van der Waals surface area contributed by atoms with E-state index in [0.717, 1.165) is 12.8 Å². The maximum Gasteiger partial charge on any atom is 0.132 e. The molecule has 0 spiro atoms. The fourth-order valence-electron chi connectivity index (χ4n) is 1.62. The molecule has 0 aliphatic heterocycles. The van der Waals surface area contributed by atoms with Gasteiger partial charge in [0.15, 0.2) is 0 Å². The Bertz CT molecular complexity index is 293. The molecule has 0 fully saturated rings. The zero-order valence-electron chi connectivity index (χ0n) is 9.15. The van der Waals surface area contributed by atoms with Crippen LogP contribution in [0.4, 0.5) is 0 Å². The molecular weight excluding hydrogens is 188 g/mol. The van der Waals surface area contributed by atoms with E-state index in [9.17, 15) is 9.90 Å². The van der Waals surface area contributed by atoms with Crippen molar-refractivity contribution in [1.29, 1.82) is 0 Å². The minimum absolute atomic E-state index is 0.0576. The van der Waals surface area contributed by atoms with Crippen LogP contribution in [0.15, 0.2) is 30.3 Å². The van der Waals surface area contributed by atoms with Gasteiger partial charge in [-0.15, -0.1) is 0 Å². The molecule has 0 aliphatic rings. The average Bonchev–Trinajstić information content (AvgIpc) is 2.18. The van der Waals surface area contributed by atoms with Crippen molar-refractivity contribution in [2.45, 2.75) is 38.7 Å². The lowest BCUT2D eigenvalue weighted by Crippen LogP contribution is -2.11. The smallest absolute Gasteiger partial charge is 0.132 e. The van der Waals surface area contributed by atoms with Gasteiger partial charge in [-0.25, -0.2) is 0 Å². The summed E-state index contributed by atoms with van der Waals surface area (Å²) in [6.07, 6.45) is 2.42. The predicted molar refractivity (Wildman–Crippen MR) is 60.7 cm³/mol. The van der Waals surface area contributed by atoms with E-state index in [1.807, 2.05) is 18.2 Å². The van der Waals surface area contributed by atoms with E-state index >= 15 is 0 Å². The summed E-state index contributed by atoms with van der Waals surface area (Å²) in [7, 11) is 0. The highest BCUT2D eigenvalue weighted by Crippen LogP contribution is 2.08. The number of rotatable bonds is 6. The van der Waals surface area contributed by atoms with Gasteiger partial charge >= 0.3 is 0 Å². The van der Waals surface area contributed by atoms with E-state index in [1.165, 1.54) is 12.5 Å². The quantitative estimate of drug-likeness (QED) is 0.775. The summed E-state index contributed by atoms with van der Waals surface area (Å²) in [6.45, 7) is 1.51. The highest BCUT2D eigenvalue weighted by molar-refractivity contribution is 5.75. The van der Waals surface area contributed by atoms with Crippen LogP contribution in [0, 0.1) is 0 Å².